The summed E-state index contributed by atoms with van der Waals surface area (Å²) in [6.07, 6.45) is 2.62. The highest BCUT2D eigenvalue weighted by molar-refractivity contribution is 5.89. The van der Waals surface area contributed by atoms with Crippen LogP contribution in [0.15, 0.2) is 54.6 Å². The monoisotopic (exact) mass is 389 g/mol. The average molecular weight is 389 g/mol. The molecule has 0 aromatic heterocycles. The van der Waals surface area contributed by atoms with Crippen LogP contribution >= 0.6 is 0 Å². The van der Waals surface area contributed by atoms with Crippen LogP contribution in [0.4, 0.5) is 8.78 Å². The van der Waals surface area contributed by atoms with Gasteiger partial charge < -0.3 is 14.4 Å². The fourth-order valence-corrected chi connectivity index (χ4v) is 2.35. The number of alkyl halides is 2. The van der Waals surface area contributed by atoms with Gasteiger partial charge in [-0.15, -0.1) is 0 Å². The normalized spacial score (nSPS) is 10.9. The van der Waals surface area contributed by atoms with E-state index in [9.17, 15) is 18.4 Å². The van der Waals surface area contributed by atoms with Crippen LogP contribution in [-0.4, -0.2) is 37.0 Å². The van der Waals surface area contributed by atoms with Crippen molar-refractivity contribution >= 4 is 18.0 Å². The van der Waals surface area contributed by atoms with Gasteiger partial charge in [-0.2, -0.15) is 8.78 Å². The summed E-state index contributed by atoms with van der Waals surface area (Å²) in [7, 11) is 1.64. The van der Waals surface area contributed by atoms with Crippen molar-refractivity contribution in [1.82, 2.24) is 4.90 Å². The van der Waals surface area contributed by atoms with Crippen molar-refractivity contribution in [2.45, 2.75) is 20.1 Å². The molecule has 0 spiro atoms. The summed E-state index contributed by atoms with van der Waals surface area (Å²) in [5.41, 5.74) is 2.69. The Hall–Kier alpha value is -3.22. The molecule has 0 N–H and O–H groups in total. The first-order chi connectivity index (χ1) is 13.3. The number of likely N-dealkylation sites (N-methyl/N-ethyl adjacent to an activating group) is 1. The predicted molar refractivity (Wildman–Crippen MR) is 101 cm³/mol. The number of ether oxygens (including phenoxy) is 2. The molecule has 7 heteroatoms. The minimum absolute atomic E-state index is 0.0250. The summed E-state index contributed by atoms with van der Waals surface area (Å²) >= 11 is 0. The average Bonchev–Trinajstić information content (AvgIpc) is 2.66. The molecule has 0 saturated carbocycles. The summed E-state index contributed by atoms with van der Waals surface area (Å²) in [5.74, 6) is -0.971. The van der Waals surface area contributed by atoms with E-state index < -0.39 is 12.6 Å². The second-order valence-electron chi connectivity index (χ2n) is 6.06. The number of rotatable bonds is 8. The molecule has 0 aliphatic rings. The van der Waals surface area contributed by atoms with Crippen LogP contribution < -0.4 is 4.74 Å². The van der Waals surface area contributed by atoms with Gasteiger partial charge in [-0.3, -0.25) is 4.79 Å². The summed E-state index contributed by atoms with van der Waals surface area (Å²) in [4.78, 5) is 25.4. The van der Waals surface area contributed by atoms with Gasteiger partial charge in [-0.25, -0.2) is 4.79 Å². The van der Waals surface area contributed by atoms with Crippen LogP contribution in [-0.2, 0) is 20.9 Å². The molecule has 2 aromatic rings. The Morgan fingerprint density at radius 1 is 1.11 bits per heavy atom. The van der Waals surface area contributed by atoms with Crippen molar-refractivity contribution in [2.24, 2.45) is 0 Å². The number of aryl methyl sites for hydroxylation is 1. The van der Waals surface area contributed by atoms with Gasteiger partial charge in [-0.1, -0.05) is 36.4 Å². The standard InChI is InChI=1S/C21H21F2NO4/c1-15-5-3-4-6-17(15)13-24(2)19(25)14-27-20(26)12-9-16-7-10-18(11-8-16)28-21(22)23/h3-12,21H,13-14H2,1-2H3/b12-9+. The topological polar surface area (TPSA) is 55.8 Å². The number of hydrogen-bond acceptors (Lipinski definition) is 4. The molecule has 0 aliphatic heterocycles. The van der Waals surface area contributed by atoms with Gasteiger partial charge in [0.25, 0.3) is 5.91 Å². The zero-order valence-electron chi connectivity index (χ0n) is 15.6. The molecule has 0 saturated heterocycles. The number of carbonyl (C=O) groups excluding carboxylic acids is 2. The lowest BCUT2D eigenvalue weighted by atomic mass is 10.1. The Bertz CT molecular complexity index is 835. The number of carbonyl (C=O) groups is 2. The Labute approximate surface area is 162 Å². The molecule has 0 bridgehead atoms. The number of benzene rings is 2. The van der Waals surface area contributed by atoms with Crippen molar-refractivity contribution in [2.75, 3.05) is 13.7 Å². The number of hydrogen-bond donors (Lipinski definition) is 0. The van der Waals surface area contributed by atoms with Gasteiger partial charge in [-0.05, 0) is 41.8 Å². The van der Waals surface area contributed by atoms with E-state index in [1.165, 1.54) is 35.2 Å². The van der Waals surface area contributed by atoms with Crippen LogP contribution in [0.2, 0.25) is 0 Å². The molecule has 2 rings (SSSR count). The maximum absolute atomic E-state index is 12.1. The van der Waals surface area contributed by atoms with E-state index in [1.54, 1.807) is 7.05 Å². The second-order valence-corrected chi connectivity index (χ2v) is 6.06. The van der Waals surface area contributed by atoms with Gasteiger partial charge in [0.1, 0.15) is 5.75 Å². The van der Waals surface area contributed by atoms with E-state index in [0.29, 0.717) is 12.1 Å². The van der Waals surface area contributed by atoms with E-state index in [-0.39, 0.29) is 18.3 Å². The third kappa shape index (κ3) is 6.83. The summed E-state index contributed by atoms with van der Waals surface area (Å²) in [6.45, 7) is -0.874. The summed E-state index contributed by atoms with van der Waals surface area (Å²) < 4.78 is 33.4. The quantitative estimate of drug-likeness (QED) is 0.509. The first-order valence-electron chi connectivity index (χ1n) is 8.53. The first-order valence-corrected chi connectivity index (χ1v) is 8.53. The fraction of sp³-hybridized carbons (Fsp3) is 0.238. The highest BCUT2D eigenvalue weighted by atomic mass is 19.3. The number of halogens is 2. The molecule has 2 aromatic carbocycles. The van der Waals surface area contributed by atoms with E-state index in [4.69, 9.17) is 4.74 Å². The molecule has 0 radical (unpaired) electrons. The smallest absolute Gasteiger partial charge is 0.387 e. The van der Waals surface area contributed by atoms with Gasteiger partial charge in [0.15, 0.2) is 6.61 Å². The predicted octanol–water partition coefficient (Wildman–Crippen LogP) is 3.81. The molecule has 1 amide bonds. The molecule has 0 heterocycles. The maximum Gasteiger partial charge on any atom is 0.387 e. The molecule has 28 heavy (non-hydrogen) atoms. The highest BCUT2D eigenvalue weighted by Gasteiger charge is 2.12. The molecule has 148 valence electrons. The SMILES string of the molecule is Cc1ccccc1CN(C)C(=O)COC(=O)/C=C/c1ccc(OC(F)F)cc1. The number of esters is 1. The Kier molecular flexibility index (Phi) is 7.68. The largest absolute Gasteiger partial charge is 0.452 e. The summed E-state index contributed by atoms with van der Waals surface area (Å²) in [5, 5.41) is 0. The van der Waals surface area contributed by atoms with E-state index in [0.717, 1.165) is 17.2 Å². The van der Waals surface area contributed by atoms with E-state index >= 15 is 0 Å². The first kappa shape index (κ1) is 21.1. The highest BCUT2D eigenvalue weighted by Crippen LogP contribution is 2.15. The molecule has 5 nitrogen and oxygen atoms in total. The molecule has 0 unspecified atom stereocenters. The third-order valence-corrected chi connectivity index (χ3v) is 3.95. The third-order valence-electron chi connectivity index (χ3n) is 3.95. The van der Waals surface area contributed by atoms with Crippen LogP contribution in [0.25, 0.3) is 6.08 Å². The zero-order valence-corrected chi connectivity index (χ0v) is 15.6. The second kappa shape index (κ2) is 10.2. The molecular formula is C21H21F2NO4. The van der Waals surface area contributed by atoms with E-state index in [1.807, 2.05) is 31.2 Å². The van der Waals surface area contributed by atoms with Crippen LogP contribution in [0.5, 0.6) is 5.75 Å². The minimum atomic E-state index is -2.89. The van der Waals surface area contributed by atoms with Gasteiger partial charge in [0.2, 0.25) is 0 Å². The van der Waals surface area contributed by atoms with Crippen molar-refractivity contribution in [3.63, 3.8) is 0 Å². The van der Waals surface area contributed by atoms with Gasteiger partial charge in [0, 0.05) is 19.7 Å². The van der Waals surface area contributed by atoms with Crippen LogP contribution in [0.3, 0.4) is 0 Å². The summed E-state index contributed by atoms with van der Waals surface area (Å²) in [6, 6.07) is 13.5. The zero-order chi connectivity index (χ0) is 20.5. The molecule has 0 atom stereocenters. The van der Waals surface area contributed by atoms with Gasteiger partial charge >= 0.3 is 12.6 Å². The van der Waals surface area contributed by atoms with Gasteiger partial charge in [0.05, 0.1) is 0 Å². The van der Waals surface area contributed by atoms with E-state index in [2.05, 4.69) is 4.74 Å². The lowest BCUT2D eigenvalue weighted by Crippen LogP contribution is -2.30. The molecule has 0 fully saturated rings. The lowest BCUT2D eigenvalue weighted by Gasteiger charge is -2.18. The fourth-order valence-electron chi connectivity index (χ4n) is 2.35. The maximum atomic E-state index is 12.1. The molecule has 0 aliphatic carbocycles. The Morgan fingerprint density at radius 2 is 1.79 bits per heavy atom. The van der Waals surface area contributed by atoms with Crippen LogP contribution in [0, 0.1) is 6.92 Å². The Morgan fingerprint density at radius 3 is 2.43 bits per heavy atom. The Balaban J connectivity index is 1.80. The lowest BCUT2D eigenvalue weighted by molar-refractivity contribution is -0.147. The number of amides is 1. The van der Waals surface area contributed by atoms with Crippen LogP contribution in [0.1, 0.15) is 16.7 Å². The molecular weight excluding hydrogens is 368 g/mol. The van der Waals surface area contributed by atoms with Crippen molar-refractivity contribution in [3.05, 3.63) is 71.3 Å². The van der Waals surface area contributed by atoms with Crippen molar-refractivity contribution in [3.8, 4) is 5.75 Å². The van der Waals surface area contributed by atoms with Crippen molar-refractivity contribution in [1.29, 1.82) is 0 Å². The minimum Gasteiger partial charge on any atom is -0.452 e. The van der Waals surface area contributed by atoms with Crippen molar-refractivity contribution < 1.29 is 27.8 Å². The number of nitrogens with zero attached hydrogens (tertiary/aromatic N) is 1.